The zero-order valence-corrected chi connectivity index (χ0v) is 10.2. The molecule has 0 bridgehead atoms. The Bertz CT molecular complexity index is 548. The Hall–Kier alpha value is -1.91. The maximum absolute atomic E-state index is 13.6. The first-order chi connectivity index (χ1) is 9.04. The van der Waals surface area contributed by atoms with Gasteiger partial charge < -0.3 is 10.4 Å². The SMILES string of the molecule is O=C(O)c1ccc(F)c(NC(=O)C2CC3CC3C2)c1. The number of carbonyl (C=O) groups is 2. The van der Waals surface area contributed by atoms with Crippen LogP contribution in [0.4, 0.5) is 10.1 Å². The highest BCUT2D eigenvalue weighted by Crippen LogP contribution is 2.54. The number of benzene rings is 1. The van der Waals surface area contributed by atoms with Crippen molar-refractivity contribution >= 4 is 17.6 Å². The van der Waals surface area contributed by atoms with E-state index in [9.17, 15) is 14.0 Å². The van der Waals surface area contributed by atoms with Gasteiger partial charge in [0.2, 0.25) is 5.91 Å². The number of hydrogen-bond acceptors (Lipinski definition) is 2. The fraction of sp³-hybridized carbons (Fsp3) is 0.429. The van der Waals surface area contributed by atoms with Crippen LogP contribution in [0.2, 0.25) is 0 Å². The van der Waals surface area contributed by atoms with Crippen molar-refractivity contribution < 1.29 is 19.1 Å². The van der Waals surface area contributed by atoms with Crippen LogP contribution < -0.4 is 5.32 Å². The fourth-order valence-electron chi connectivity index (χ4n) is 2.92. The molecule has 2 aliphatic carbocycles. The van der Waals surface area contributed by atoms with Gasteiger partial charge in [-0.1, -0.05) is 0 Å². The zero-order valence-electron chi connectivity index (χ0n) is 10.2. The molecule has 4 nitrogen and oxygen atoms in total. The third-order valence-corrected chi connectivity index (χ3v) is 4.09. The van der Waals surface area contributed by atoms with Crippen LogP contribution in [0.5, 0.6) is 0 Å². The number of carbonyl (C=O) groups excluding carboxylic acids is 1. The highest BCUT2D eigenvalue weighted by molar-refractivity contribution is 5.95. The van der Waals surface area contributed by atoms with E-state index in [1.807, 2.05) is 0 Å². The van der Waals surface area contributed by atoms with E-state index < -0.39 is 11.8 Å². The number of amides is 1. The van der Waals surface area contributed by atoms with Crippen molar-refractivity contribution in [1.29, 1.82) is 0 Å². The number of nitrogens with one attached hydrogen (secondary N) is 1. The Morgan fingerprint density at radius 3 is 2.53 bits per heavy atom. The van der Waals surface area contributed by atoms with Gasteiger partial charge in [-0.3, -0.25) is 4.79 Å². The number of anilines is 1. The summed E-state index contributed by atoms with van der Waals surface area (Å²) in [6.45, 7) is 0. The molecule has 2 atom stereocenters. The van der Waals surface area contributed by atoms with Crippen LogP contribution in [-0.2, 0) is 4.79 Å². The first kappa shape index (κ1) is 12.1. The minimum Gasteiger partial charge on any atom is -0.478 e. The van der Waals surface area contributed by atoms with Crippen molar-refractivity contribution in [2.75, 3.05) is 5.32 Å². The van der Waals surface area contributed by atoms with E-state index in [1.54, 1.807) is 0 Å². The second-order valence-corrected chi connectivity index (χ2v) is 5.41. The Morgan fingerprint density at radius 1 is 1.21 bits per heavy atom. The molecule has 1 aromatic carbocycles. The molecular formula is C14H14FNO3. The summed E-state index contributed by atoms with van der Waals surface area (Å²) in [6.07, 6.45) is 2.96. The molecule has 2 fully saturated rings. The standard InChI is InChI=1S/C14H14FNO3/c15-11-2-1-7(14(18)19)6-12(11)16-13(17)10-4-8-3-9(8)5-10/h1-2,6,8-10H,3-5H2,(H,16,17)(H,18,19). The lowest BCUT2D eigenvalue weighted by Gasteiger charge is -2.13. The molecule has 2 N–H and O–H groups in total. The van der Waals surface area contributed by atoms with Gasteiger partial charge in [-0.15, -0.1) is 0 Å². The van der Waals surface area contributed by atoms with Gasteiger partial charge in [-0.25, -0.2) is 9.18 Å². The van der Waals surface area contributed by atoms with Crippen molar-refractivity contribution in [3.63, 3.8) is 0 Å². The second-order valence-electron chi connectivity index (χ2n) is 5.41. The molecule has 1 amide bonds. The quantitative estimate of drug-likeness (QED) is 0.880. The Labute approximate surface area is 109 Å². The number of halogens is 1. The molecule has 0 radical (unpaired) electrons. The number of hydrogen-bond donors (Lipinski definition) is 2. The maximum Gasteiger partial charge on any atom is 0.335 e. The van der Waals surface area contributed by atoms with E-state index in [4.69, 9.17) is 5.11 Å². The number of carboxylic acids is 1. The number of carboxylic acid groups (broad SMARTS) is 1. The predicted octanol–water partition coefficient (Wildman–Crippen LogP) is 2.51. The van der Waals surface area contributed by atoms with Crippen LogP contribution in [0.1, 0.15) is 29.6 Å². The molecule has 2 unspecified atom stereocenters. The highest BCUT2D eigenvalue weighted by atomic mass is 19.1. The van der Waals surface area contributed by atoms with Gasteiger partial charge in [0.05, 0.1) is 11.3 Å². The number of rotatable bonds is 3. The van der Waals surface area contributed by atoms with Crippen LogP contribution in [0, 0.1) is 23.6 Å². The van der Waals surface area contributed by atoms with Crippen molar-refractivity contribution in [2.45, 2.75) is 19.3 Å². The Balaban J connectivity index is 1.73. The summed E-state index contributed by atoms with van der Waals surface area (Å²) in [5.74, 6) is -0.665. The molecule has 1 aromatic rings. The van der Waals surface area contributed by atoms with E-state index in [0.717, 1.165) is 25.0 Å². The topological polar surface area (TPSA) is 66.4 Å². The van der Waals surface area contributed by atoms with Crippen LogP contribution in [-0.4, -0.2) is 17.0 Å². The molecule has 0 saturated heterocycles. The van der Waals surface area contributed by atoms with Gasteiger partial charge in [0.1, 0.15) is 5.82 Å². The smallest absolute Gasteiger partial charge is 0.335 e. The minimum atomic E-state index is -1.14. The van der Waals surface area contributed by atoms with E-state index in [-0.39, 0.29) is 23.1 Å². The summed E-state index contributed by atoms with van der Waals surface area (Å²) in [4.78, 5) is 22.8. The van der Waals surface area contributed by atoms with Crippen LogP contribution >= 0.6 is 0 Å². The van der Waals surface area contributed by atoms with Crippen molar-refractivity contribution in [3.8, 4) is 0 Å². The van der Waals surface area contributed by atoms with Gasteiger partial charge in [0.25, 0.3) is 0 Å². The summed E-state index contributed by atoms with van der Waals surface area (Å²) >= 11 is 0. The summed E-state index contributed by atoms with van der Waals surface area (Å²) in [7, 11) is 0. The molecule has 0 aromatic heterocycles. The lowest BCUT2D eigenvalue weighted by atomic mass is 10.0. The van der Waals surface area contributed by atoms with Crippen molar-refractivity contribution in [2.24, 2.45) is 17.8 Å². The Morgan fingerprint density at radius 2 is 1.89 bits per heavy atom. The first-order valence-electron chi connectivity index (χ1n) is 6.38. The van der Waals surface area contributed by atoms with Crippen LogP contribution in [0.15, 0.2) is 18.2 Å². The largest absolute Gasteiger partial charge is 0.478 e. The van der Waals surface area contributed by atoms with E-state index >= 15 is 0 Å². The van der Waals surface area contributed by atoms with Gasteiger partial charge in [-0.05, 0) is 49.3 Å². The summed E-state index contributed by atoms with van der Waals surface area (Å²) in [5.41, 5.74) is -0.0866. The lowest BCUT2D eigenvalue weighted by molar-refractivity contribution is -0.120. The third kappa shape index (κ3) is 2.32. The molecule has 0 heterocycles. The van der Waals surface area contributed by atoms with Gasteiger partial charge in [0, 0.05) is 5.92 Å². The first-order valence-corrected chi connectivity index (χ1v) is 6.38. The molecule has 100 valence electrons. The molecule has 5 heteroatoms. The molecule has 2 saturated carbocycles. The van der Waals surface area contributed by atoms with Crippen molar-refractivity contribution in [1.82, 2.24) is 0 Å². The van der Waals surface area contributed by atoms with Crippen LogP contribution in [0.3, 0.4) is 0 Å². The monoisotopic (exact) mass is 263 g/mol. The van der Waals surface area contributed by atoms with Crippen molar-refractivity contribution in [3.05, 3.63) is 29.6 Å². The lowest BCUT2D eigenvalue weighted by Crippen LogP contribution is -2.22. The average Bonchev–Trinajstić information content (AvgIpc) is 2.98. The molecule has 3 rings (SSSR count). The second kappa shape index (κ2) is 4.33. The van der Waals surface area contributed by atoms with Gasteiger partial charge in [-0.2, -0.15) is 0 Å². The average molecular weight is 263 g/mol. The molecule has 2 aliphatic rings. The highest BCUT2D eigenvalue weighted by Gasteiger charge is 2.48. The molecule has 0 aliphatic heterocycles. The molecule has 0 spiro atoms. The fourth-order valence-corrected chi connectivity index (χ4v) is 2.92. The normalized spacial score (nSPS) is 27.7. The molecule has 19 heavy (non-hydrogen) atoms. The number of fused-ring (bicyclic) bond motifs is 1. The predicted molar refractivity (Wildman–Crippen MR) is 66.3 cm³/mol. The van der Waals surface area contributed by atoms with Crippen LogP contribution in [0.25, 0.3) is 0 Å². The summed E-state index contributed by atoms with van der Waals surface area (Å²) in [6, 6.07) is 3.40. The number of aromatic carboxylic acids is 1. The molecular weight excluding hydrogens is 249 g/mol. The minimum absolute atomic E-state index is 0.0361. The van der Waals surface area contributed by atoms with E-state index in [2.05, 4.69) is 5.32 Å². The van der Waals surface area contributed by atoms with E-state index in [1.165, 1.54) is 12.5 Å². The van der Waals surface area contributed by atoms with Gasteiger partial charge in [0.15, 0.2) is 0 Å². The van der Waals surface area contributed by atoms with E-state index in [0.29, 0.717) is 11.8 Å². The summed E-state index contributed by atoms with van der Waals surface area (Å²) < 4.78 is 13.6. The maximum atomic E-state index is 13.6. The third-order valence-electron chi connectivity index (χ3n) is 4.09. The van der Waals surface area contributed by atoms with Gasteiger partial charge >= 0.3 is 5.97 Å². The Kier molecular flexibility index (Phi) is 2.77. The zero-order chi connectivity index (χ0) is 13.6. The summed E-state index contributed by atoms with van der Waals surface area (Å²) in [5, 5.41) is 11.4.